The van der Waals surface area contributed by atoms with Gasteiger partial charge < -0.3 is 20.3 Å². The summed E-state index contributed by atoms with van der Waals surface area (Å²) in [6, 6.07) is 8.05. The van der Waals surface area contributed by atoms with Gasteiger partial charge in [0.1, 0.15) is 5.75 Å². The maximum absolute atomic E-state index is 5.25. The van der Waals surface area contributed by atoms with Crippen LogP contribution >= 0.6 is 0 Å². The molecule has 1 aliphatic heterocycles. The standard InChI is InChI=1S/C18H30N4O/c1-3-19-18(20-10-7-13-22-11-4-5-12-22)21-15-16-8-6-9-17(14-16)23-2/h6,8-9,14H,3-5,7,10-13,15H2,1-2H3,(H2,19,20,21). The molecule has 0 atom stereocenters. The van der Waals surface area contributed by atoms with E-state index in [4.69, 9.17) is 4.74 Å². The number of hydrogen-bond acceptors (Lipinski definition) is 3. The van der Waals surface area contributed by atoms with E-state index in [0.717, 1.165) is 36.8 Å². The maximum Gasteiger partial charge on any atom is 0.191 e. The van der Waals surface area contributed by atoms with Crippen molar-refractivity contribution in [1.29, 1.82) is 0 Å². The highest BCUT2D eigenvalue weighted by Gasteiger charge is 2.10. The van der Waals surface area contributed by atoms with Crippen molar-refractivity contribution in [1.82, 2.24) is 15.5 Å². The van der Waals surface area contributed by atoms with E-state index < -0.39 is 0 Å². The fourth-order valence-corrected chi connectivity index (χ4v) is 2.80. The Bertz CT molecular complexity index is 484. The smallest absolute Gasteiger partial charge is 0.191 e. The van der Waals surface area contributed by atoms with Gasteiger partial charge in [-0.2, -0.15) is 0 Å². The maximum atomic E-state index is 5.25. The largest absolute Gasteiger partial charge is 0.497 e. The summed E-state index contributed by atoms with van der Waals surface area (Å²) in [4.78, 5) is 7.20. The normalized spacial score (nSPS) is 15.7. The predicted octanol–water partition coefficient (Wildman–Crippen LogP) is 2.24. The quantitative estimate of drug-likeness (QED) is 0.438. The third-order valence-electron chi connectivity index (χ3n) is 4.04. The van der Waals surface area contributed by atoms with Gasteiger partial charge in [-0.25, -0.2) is 4.99 Å². The van der Waals surface area contributed by atoms with Crippen LogP contribution in [-0.4, -0.2) is 50.7 Å². The first-order chi connectivity index (χ1) is 11.3. The molecule has 2 N–H and O–H groups in total. The number of nitrogens with one attached hydrogen (secondary N) is 2. The van der Waals surface area contributed by atoms with E-state index in [2.05, 4.69) is 33.5 Å². The molecule has 0 unspecified atom stereocenters. The number of ether oxygens (including phenoxy) is 1. The zero-order chi connectivity index (χ0) is 16.3. The van der Waals surface area contributed by atoms with Gasteiger partial charge in [0.15, 0.2) is 5.96 Å². The van der Waals surface area contributed by atoms with Gasteiger partial charge in [0.25, 0.3) is 0 Å². The Kier molecular flexibility index (Phi) is 7.73. The number of benzene rings is 1. The summed E-state index contributed by atoms with van der Waals surface area (Å²) >= 11 is 0. The lowest BCUT2D eigenvalue weighted by atomic mass is 10.2. The van der Waals surface area contributed by atoms with Crippen molar-refractivity contribution < 1.29 is 4.74 Å². The van der Waals surface area contributed by atoms with Gasteiger partial charge in [0.2, 0.25) is 0 Å². The monoisotopic (exact) mass is 318 g/mol. The number of methoxy groups -OCH3 is 1. The Morgan fingerprint density at radius 3 is 2.83 bits per heavy atom. The van der Waals surface area contributed by atoms with E-state index in [1.54, 1.807) is 7.11 Å². The minimum absolute atomic E-state index is 0.651. The fourth-order valence-electron chi connectivity index (χ4n) is 2.80. The van der Waals surface area contributed by atoms with Crippen molar-refractivity contribution >= 4 is 5.96 Å². The van der Waals surface area contributed by atoms with Gasteiger partial charge in [0.05, 0.1) is 13.7 Å². The molecule has 1 heterocycles. The number of guanidine groups is 1. The lowest BCUT2D eigenvalue weighted by molar-refractivity contribution is 0.334. The average Bonchev–Trinajstić information content (AvgIpc) is 3.10. The Morgan fingerprint density at radius 1 is 1.26 bits per heavy atom. The molecule has 0 bridgehead atoms. The number of aliphatic imine (C=N–C) groups is 1. The van der Waals surface area contributed by atoms with Crippen molar-refractivity contribution in [3.05, 3.63) is 29.8 Å². The number of nitrogens with zero attached hydrogens (tertiary/aromatic N) is 2. The molecule has 1 fully saturated rings. The molecule has 0 amide bonds. The first-order valence-corrected chi connectivity index (χ1v) is 8.69. The molecule has 0 radical (unpaired) electrons. The molecule has 1 aromatic rings. The molecule has 1 aromatic carbocycles. The molecule has 5 heteroatoms. The molecule has 2 rings (SSSR count). The molecule has 0 saturated carbocycles. The second-order valence-corrected chi connectivity index (χ2v) is 5.88. The molecule has 5 nitrogen and oxygen atoms in total. The van der Waals surface area contributed by atoms with Crippen LogP contribution in [0.15, 0.2) is 29.3 Å². The van der Waals surface area contributed by atoms with Crippen LogP contribution in [0.1, 0.15) is 31.7 Å². The molecule has 128 valence electrons. The molecule has 1 saturated heterocycles. The zero-order valence-electron chi connectivity index (χ0n) is 14.5. The number of likely N-dealkylation sites (tertiary alicyclic amines) is 1. The van der Waals surface area contributed by atoms with Crippen LogP contribution in [0.2, 0.25) is 0 Å². The summed E-state index contributed by atoms with van der Waals surface area (Å²) in [6.45, 7) is 8.29. The third kappa shape index (κ3) is 6.48. The van der Waals surface area contributed by atoms with Gasteiger partial charge in [0, 0.05) is 13.1 Å². The van der Waals surface area contributed by atoms with Crippen LogP contribution in [-0.2, 0) is 6.54 Å². The van der Waals surface area contributed by atoms with Crippen molar-refractivity contribution in [2.75, 3.05) is 39.8 Å². The molecule has 0 aliphatic carbocycles. The Balaban J connectivity index is 1.76. The molecule has 23 heavy (non-hydrogen) atoms. The Labute approximate surface area is 140 Å². The van der Waals surface area contributed by atoms with Crippen LogP contribution in [0.3, 0.4) is 0 Å². The van der Waals surface area contributed by atoms with Crippen LogP contribution in [0.5, 0.6) is 5.75 Å². The highest BCUT2D eigenvalue weighted by atomic mass is 16.5. The van der Waals surface area contributed by atoms with E-state index in [9.17, 15) is 0 Å². The summed E-state index contributed by atoms with van der Waals surface area (Å²) in [5.41, 5.74) is 1.15. The molecular formula is C18H30N4O. The van der Waals surface area contributed by atoms with Crippen molar-refractivity contribution in [3.63, 3.8) is 0 Å². The summed E-state index contributed by atoms with van der Waals surface area (Å²) < 4.78 is 5.25. The highest BCUT2D eigenvalue weighted by molar-refractivity contribution is 5.79. The van der Waals surface area contributed by atoms with Crippen molar-refractivity contribution in [3.8, 4) is 5.75 Å². The Morgan fingerprint density at radius 2 is 2.09 bits per heavy atom. The van der Waals surface area contributed by atoms with E-state index in [1.165, 1.54) is 32.5 Å². The SMILES string of the molecule is CCNC(=NCc1cccc(OC)c1)NCCCN1CCCC1. The zero-order valence-corrected chi connectivity index (χ0v) is 14.5. The fraction of sp³-hybridized carbons (Fsp3) is 0.611. The lowest BCUT2D eigenvalue weighted by Gasteiger charge is -2.15. The topological polar surface area (TPSA) is 48.9 Å². The van der Waals surface area contributed by atoms with E-state index in [-0.39, 0.29) is 0 Å². The second-order valence-electron chi connectivity index (χ2n) is 5.88. The summed E-state index contributed by atoms with van der Waals surface area (Å²) in [5, 5.41) is 6.73. The number of hydrogen-bond donors (Lipinski definition) is 2. The summed E-state index contributed by atoms with van der Waals surface area (Å²) in [5.74, 6) is 1.76. The van der Waals surface area contributed by atoms with Gasteiger partial charge in [-0.3, -0.25) is 0 Å². The lowest BCUT2D eigenvalue weighted by Crippen LogP contribution is -2.38. The Hall–Kier alpha value is -1.75. The minimum atomic E-state index is 0.651. The van der Waals surface area contributed by atoms with E-state index in [0.29, 0.717) is 6.54 Å². The van der Waals surface area contributed by atoms with E-state index in [1.807, 2.05) is 18.2 Å². The van der Waals surface area contributed by atoms with E-state index >= 15 is 0 Å². The van der Waals surface area contributed by atoms with Gasteiger partial charge >= 0.3 is 0 Å². The van der Waals surface area contributed by atoms with Crippen LogP contribution in [0.4, 0.5) is 0 Å². The van der Waals surface area contributed by atoms with Gasteiger partial charge in [-0.15, -0.1) is 0 Å². The summed E-state index contributed by atoms with van der Waals surface area (Å²) in [6.07, 6.45) is 3.87. The van der Waals surface area contributed by atoms with Gasteiger partial charge in [-0.05, 0) is 63.5 Å². The first kappa shape index (κ1) is 17.6. The molecular weight excluding hydrogens is 288 g/mol. The van der Waals surface area contributed by atoms with Crippen LogP contribution in [0, 0.1) is 0 Å². The first-order valence-electron chi connectivity index (χ1n) is 8.69. The predicted molar refractivity (Wildman–Crippen MR) is 96.1 cm³/mol. The van der Waals surface area contributed by atoms with Gasteiger partial charge in [-0.1, -0.05) is 12.1 Å². The third-order valence-corrected chi connectivity index (χ3v) is 4.04. The second kappa shape index (κ2) is 10.1. The summed E-state index contributed by atoms with van der Waals surface area (Å²) in [7, 11) is 1.69. The van der Waals surface area contributed by atoms with Crippen LogP contribution in [0.25, 0.3) is 0 Å². The molecule has 0 spiro atoms. The number of rotatable bonds is 8. The highest BCUT2D eigenvalue weighted by Crippen LogP contribution is 2.13. The van der Waals surface area contributed by atoms with Crippen LogP contribution < -0.4 is 15.4 Å². The minimum Gasteiger partial charge on any atom is -0.497 e. The van der Waals surface area contributed by atoms with Crippen molar-refractivity contribution in [2.24, 2.45) is 4.99 Å². The molecule has 1 aliphatic rings. The molecule has 0 aromatic heterocycles. The van der Waals surface area contributed by atoms with Crippen molar-refractivity contribution in [2.45, 2.75) is 32.7 Å². The average molecular weight is 318 g/mol.